The van der Waals surface area contributed by atoms with Crippen LogP contribution in [0.4, 0.5) is 0 Å². The fraction of sp³-hybridized carbons (Fsp3) is 0.650. The minimum absolute atomic E-state index is 0.0754. The summed E-state index contributed by atoms with van der Waals surface area (Å²) >= 11 is 0. The first-order valence-corrected chi connectivity index (χ1v) is 18.3. The van der Waals surface area contributed by atoms with E-state index in [1.807, 2.05) is 75.1 Å². The Labute approximate surface area is 302 Å². The number of hydrogen-bond acceptors (Lipinski definition) is 8. The van der Waals surface area contributed by atoms with Gasteiger partial charge in [0.1, 0.15) is 23.7 Å². The van der Waals surface area contributed by atoms with Crippen molar-refractivity contribution in [3.8, 4) is 0 Å². The van der Waals surface area contributed by atoms with Crippen LogP contribution in [0.1, 0.15) is 85.8 Å². The normalized spacial score (nSPS) is 31.6. The lowest BCUT2D eigenvalue weighted by Gasteiger charge is -2.45. The summed E-state index contributed by atoms with van der Waals surface area (Å²) in [5, 5.41) is 13.8. The van der Waals surface area contributed by atoms with Gasteiger partial charge in [0.25, 0.3) is 0 Å². The van der Waals surface area contributed by atoms with Gasteiger partial charge in [0, 0.05) is 25.6 Å². The fourth-order valence-electron chi connectivity index (χ4n) is 8.98. The average molecular weight is 708 g/mol. The number of nitrogens with zero attached hydrogens (tertiary/aromatic N) is 2. The van der Waals surface area contributed by atoms with Crippen LogP contribution in [-0.4, -0.2) is 101 Å². The third-order valence-electron chi connectivity index (χ3n) is 10.5. The highest BCUT2D eigenvalue weighted by atomic mass is 16.6. The lowest BCUT2D eigenvalue weighted by Crippen LogP contribution is -2.61. The largest absolute Gasteiger partial charge is 0.455 e. The number of ether oxygens (including phenoxy) is 3. The Morgan fingerprint density at radius 1 is 1.04 bits per heavy atom. The number of allylic oxidation sites excluding steroid dienone is 1. The van der Waals surface area contributed by atoms with Gasteiger partial charge < -0.3 is 34.4 Å². The molecule has 0 radical (unpaired) electrons. The Balaban J connectivity index is 1.65. The van der Waals surface area contributed by atoms with Crippen molar-refractivity contribution in [3.05, 3.63) is 60.2 Å². The first-order valence-electron chi connectivity index (χ1n) is 18.3. The standard InChI is InChI=1S/C40H57N3O8/c1-25(2)21-27(22-44)43-34-36(47)42(39(6,7)24-38(3,4)5)20-14-19-40(34)32(35(43)46)31-29(51-40)17-12-13-18-30(45)41-28(23-49-8)33(50-37(31)48)26-15-10-9-11-16-26/h9-12,14-17,19,25,27-29,31-34,44H,13,18,20-24H2,1-8H3,(H,41,45)/b17-12-/t27-,28+,29+,31-,32-,33+,34+,40-/m1/s1. The average Bonchev–Trinajstić information content (AvgIpc) is 3.43. The molecule has 2 N–H and O–H groups in total. The molecule has 2 fully saturated rings. The number of carbonyl (C=O) groups is 4. The Morgan fingerprint density at radius 3 is 2.37 bits per heavy atom. The molecule has 2 saturated heterocycles. The lowest BCUT2D eigenvalue weighted by atomic mass is 9.77. The maximum Gasteiger partial charge on any atom is 0.313 e. The number of esters is 1. The highest BCUT2D eigenvalue weighted by molar-refractivity contribution is 5.99. The van der Waals surface area contributed by atoms with Gasteiger partial charge in [-0.1, -0.05) is 89.3 Å². The van der Waals surface area contributed by atoms with E-state index in [2.05, 4.69) is 26.1 Å². The van der Waals surface area contributed by atoms with Crippen LogP contribution >= 0.6 is 0 Å². The molecule has 51 heavy (non-hydrogen) atoms. The molecule has 1 spiro atoms. The molecule has 11 nitrogen and oxygen atoms in total. The number of fused-ring (bicyclic) bond motifs is 2. The van der Waals surface area contributed by atoms with Crippen LogP contribution < -0.4 is 5.32 Å². The number of aliphatic hydroxyl groups is 1. The van der Waals surface area contributed by atoms with Crippen LogP contribution in [0, 0.1) is 23.2 Å². The smallest absolute Gasteiger partial charge is 0.313 e. The van der Waals surface area contributed by atoms with Gasteiger partial charge in [-0.3, -0.25) is 19.2 Å². The van der Waals surface area contributed by atoms with Crippen molar-refractivity contribution < 1.29 is 38.5 Å². The highest BCUT2D eigenvalue weighted by Gasteiger charge is 2.73. The minimum Gasteiger partial charge on any atom is -0.455 e. The number of nitrogens with one attached hydrogen (secondary N) is 1. The van der Waals surface area contributed by atoms with E-state index in [0.717, 1.165) is 0 Å². The van der Waals surface area contributed by atoms with Gasteiger partial charge in [-0.25, -0.2) is 0 Å². The summed E-state index contributed by atoms with van der Waals surface area (Å²) in [4.78, 5) is 61.3. The topological polar surface area (TPSA) is 135 Å². The summed E-state index contributed by atoms with van der Waals surface area (Å²) in [6, 6.07) is 6.63. The van der Waals surface area contributed by atoms with Crippen molar-refractivity contribution in [3.63, 3.8) is 0 Å². The molecule has 3 amide bonds. The van der Waals surface area contributed by atoms with Gasteiger partial charge in [0.15, 0.2) is 0 Å². The molecule has 5 rings (SSSR count). The minimum atomic E-state index is -1.51. The molecule has 0 aromatic heterocycles. The number of aliphatic hydroxyl groups excluding tert-OH is 1. The number of likely N-dealkylation sites (tertiary alicyclic amines) is 1. The van der Waals surface area contributed by atoms with E-state index >= 15 is 9.59 Å². The molecular formula is C40H57N3O8. The van der Waals surface area contributed by atoms with Crippen molar-refractivity contribution in [1.29, 1.82) is 0 Å². The van der Waals surface area contributed by atoms with Crippen molar-refractivity contribution in [1.82, 2.24) is 15.1 Å². The quantitative estimate of drug-likeness (QED) is 0.286. The van der Waals surface area contributed by atoms with Gasteiger partial charge in [-0.2, -0.15) is 0 Å². The Hall–Kier alpha value is -3.54. The molecule has 11 heteroatoms. The second kappa shape index (κ2) is 15.2. The molecule has 1 aromatic rings. The monoisotopic (exact) mass is 707 g/mol. The number of amides is 3. The highest BCUT2D eigenvalue weighted by Crippen LogP contribution is 2.54. The zero-order valence-electron chi connectivity index (χ0n) is 31.5. The van der Waals surface area contributed by atoms with E-state index in [4.69, 9.17) is 14.2 Å². The van der Waals surface area contributed by atoms with Crippen LogP contribution in [-0.2, 0) is 33.4 Å². The maximum absolute atomic E-state index is 15.1. The van der Waals surface area contributed by atoms with Gasteiger partial charge >= 0.3 is 5.97 Å². The van der Waals surface area contributed by atoms with E-state index in [1.165, 1.54) is 12.0 Å². The van der Waals surface area contributed by atoms with Gasteiger partial charge in [-0.15, -0.1) is 0 Å². The second-order valence-corrected chi connectivity index (χ2v) is 16.8. The molecule has 8 atom stereocenters. The molecule has 0 unspecified atom stereocenters. The number of benzene rings is 1. The van der Waals surface area contributed by atoms with Crippen LogP contribution in [0.15, 0.2) is 54.6 Å². The van der Waals surface area contributed by atoms with E-state index in [0.29, 0.717) is 31.4 Å². The predicted molar refractivity (Wildman–Crippen MR) is 192 cm³/mol. The summed E-state index contributed by atoms with van der Waals surface area (Å²) < 4.78 is 18.8. The summed E-state index contributed by atoms with van der Waals surface area (Å²) in [6.45, 7) is 14.5. The molecule has 4 aliphatic heterocycles. The Bertz CT molecular complexity index is 1500. The molecule has 0 saturated carbocycles. The summed E-state index contributed by atoms with van der Waals surface area (Å²) in [7, 11) is 1.52. The SMILES string of the molecule is COC[C@@H]1NC(=O)CC/C=C\[C@@H]2O[C@@]34C=CCN(C(C)(C)CC(C)(C)C)C(=O)[C@@H]3N([C@@H](CO)CC(C)C)C(=O)[C@H]4[C@@H]2C(=O)O[C@H]1c1ccccc1. The molecule has 4 heterocycles. The number of cyclic esters (lactones) is 1. The first-order chi connectivity index (χ1) is 24.0. The summed E-state index contributed by atoms with van der Waals surface area (Å²) in [5.41, 5.74) is -1.54. The van der Waals surface area contributed by atoms with Gasteiger partial charge in [0.2, 0.25) is 17.7 Å². The zero-order chi connectivity index (χ0) is 37.3. The van der Waals surface area contributed by atoms with Crippen LogP contribution in [0.25, 0.3) is 0 Å². The van der Waals surface area contributed by atoms with E-state index in [9.17, 15) is 14.7 Å². The predicted octanol–water partition coefficient (Wildman–Crippen LogP) is 4.35. The molecule has 4 aliphatic rings. The number of methoxy groups -OCH3 is 1. The zero-order valence-corrected chi connectivity index (χ0v) is 31.5. The van der Waals surface area contributed by atoms with Crippen molar-refractivity contribution in [2.24, 2.45) is 23.2 Å². The third kappa shape index (κ3) is 7.81. The molecule has 280 valence electrons. The lowest BCUT2D eigenvalue weighted by molar-refractivity contribution is -0.163. The first kappa shape index (κ1) is 38.7. The van der Waals surface area contributed by atoms with Crippen molar-refractivity contribution in [2.45, 2.75) is 116 Å². The number of rotatable bonds is 9. The Morgan fingerprint density at radius 2 is 1.75 bits per heavy atom. The summed E-state index contributed by atoms with van der Waals surface area (Å²) in [6.07, 6.45) is 7.07. The van der Waals surface area contributed by atoms with Crippen molar-refractivity contribution in [2.75, 3.05) is 26.9 Å². The molecular weight excluding hydrogens is 650 g/mol. The van der Waals surface area contributed by atoms with E-state index < -0.39 is 65.2 Å². The van der Waals surface area contributed by atoms with Gasteiger partial charge in [0.05, 0.1) is 37.3 Å². The van der Waals surface area contributed by atoms with E-state index in [1.54, 1.807) is 12.2 Å². The van der Waals surface area contributed by atoms with Crippen LogP contribution in [0.3, 0.4) is 0 Å². The maximum atomic E-state index is 15.1. The molecule has 0 bridgehead atoms. The van der Waals surface area contributed by atoms with E-state index in [-0.39, 0.29) is 42.8 Å². The number of hydrogen-bond donors (Lipinski definition) is 2. The van der Waals surface area contributed by atoms with Crippen LogP contribution in [0.2, 0.25) is 0 Å². The molecule has 1 aromatic carbocycles. The Kier molecular flexibility index (Phi) is 11.5. The number of carbonyl (C=O) groups excluding carboxylic acids is 4. The second-order valence-electron chi connectivity index (χ2n) is 16.8. The fourth-order valence-corrected chi connectivity index (χ4v) is 8.98. The molecule has 0 aliphatic carbocycles. The third-order valence-corrected chi connectivity index (χ3v) is 10.5. The van der Waals surface area contributed by atoms with Crippen LogP contribution in [0.5, 0.6) is 0 Å². The van der Waals surface area contributed by atoms with Crippen molar-refractivity contribution >= 4 is 23.7 Å². The van der Waals surface area contributed by atoms with Gasteiger partial charge in [-0.05, 0) is 50.0 Å². The summed E-state index contributed by atoms with van der Waals surface area (Å²) in [5.74, 6) is -3.71.